The molecule has 0 aliphatic carbocycles. The third-order valence-corrected chi connectivity index (χ3v) is 3.71. The van der Waals surface area contributed by atoms with Crippen molar-refractivity contribution in [2.75, 3.05) is 0 Å². The molecule has 0 aliphatic heterocycles. The van der Waals surface area contributed by atoms with Gasteiger partial charge in [0.15, 0.2) is 0 Å². The van der Waals surface area contributed by atoms with Gasteiger partial charge in [-0.1, -0.05) is 48.9 Å². The lowest BCUT2D eigenvalue weighted by molar-refractivity contribution is 0.456. The highest BCUT2D eigenvalue weighted by molar-refractivity contribution is 5.25. The van der Waals surface area contributed by atoms with Crippen molar-refractivity contribution in [2.45, 2.75) is 39.3 Å². The second-order valence-corrected chi connectivity index (χ2v) is 5.31. The van der Waals surface area contributed by atoms with Gasteiger partial charge in [-0.05, 0) is 43.5 Å². The van der Waals surface area contributed by atoms with Gasteiger partial charge in [0.2, 0.25) is 0 Å². The van der Waals surface area contributed by atoms with E-state index in [0.29, 0.717) is 6.04 Å². The summed E-state index contributed by atoms with van der Waals surface area (Å²) < 4.78 is 13.0. The summed E-state index contributed by atoms with van der Waals surface area (Å²) in [7, 11) is 0. The predicted molar refractivity (Wildman–Crippen MR) is 82.2 cm³/mol. The zero-order chi connectivity index (χ0) is 14.5. The molecule has 0 saturated heterocycles. The molecule has 0 radical (unpaired) electrons. The summed E-state index contributed by atoms with van der Waals surface area (Å²) in [5, 5.41) is 3.62. The lowest BCUT2D eigenvalue weighted by Crippen LogP contribution is -2.24. The minimum Gasteiger partial charge on any atom is -0.303 e. The summed E-state index contributed by atoms with van der Waals surface area (Å²) in [6, 6.07) is 15.9. The lowest BCUT2D eigenvalue weighted by atomic mass is 10.0. The van der Waals surface area contributed by atoms with Crippen molar-refractivity contribution in [3.8, 4) is 0 Å². The van der Waals surface area contributed by atoms with Gasteiger partial charge in [0, 0.05) is 12.1 Å². The topological polar surface area (TPSA) is 12.0 Å². The van der Waals surface area contributed by atoms with E-state index in [1.54, 1.807) is 0 Å². The van der Waals surface area contributed by atoms with Crippen molar-refractivity contribution < 1.29 is 4.39 Å². The zero-order valence-electron chi connectivity index (χ0n) is 12.4. The molecule has 2 aromatic rings. The molecule has 0 bridgehead atoms. The van der Waals surface area contributed by atoms with Crippen molar-refractivity contribution in [1.29, 1.82) is 0 Å². The van der Waals surface area contributed by atoms with Gasteiger partial charge in [0.25, 0.3) is 0 Å². The van der Waals surface area contributed by atoms with Crippen molar-refractivity contribution in [3.63, 3.8) is 0 Å². The number of aryl methyl sites for hydroxylation is 1. The van der Waals surface area contributed by atoms with E-state index < -0.39 is 0 Å². The van der Waals surface area contributed by atoms with Crippen LogP contribution in [0.15, 0.2) is 48.5 Å². The predicted octanol–water partition coefficient (Wildman–Crippen LogP) is 4.94. The number of rotatable bonds is 5. The third-order valence-electron chi connectivity index (χ3n) is 3.71. The maximum atomic E-state index is 13.0. The van der Waals surface area contributed by atoms with E-state index in [1.807, 2.05) is 12.1 Å². The Kier molecular flexibility index (Phi) is 4.91. The first-order chi connectivity index (χ1) is 9.60. The number of hydrogen-bond acceptors (Lipinski definition) is 1. The molecule has 0 spiro atoms. The van der Waals surface area contributed by atoms with Crippen LogP contribution in [0.3, 0.4) is 0 Å². The van der Waals surface area contributed by atoms with Crippen LogP contribution in [0.25, 0.3) is 0 Å². The molecule has 106 valence electrons. The molecule has 0 heterocycles. The first-order valence-electron chi connectivity index (χ1n) is 7.18. The van der Waals surface area contributed by atoms with Crippen LogP contribution in [0.4, 0.5) is 4.39 Å². The van der Waals surface area contributed by atoms with E-state index in [4.69, 9.17) is 0 Å². The Morgan fingerprint density at radius 1 is 0.950 bits per heavy atom. The van der Waals surface area contributed by atoms with Crippen LogP contribution in [0.1, 0.15) is 49.0 Å². The number of hydrogen-bond donors (Lipinski definition) is 1. The number of halogens is 1. The summed E-state index contributed by atoms with van der Waals surface area (Å²) in [5.41, 5.74) is 3.68. The monoisotopic (exact) mass is 271 g/mol. The van der Waals surface area contributed by atoms with Crippen LogP contribution in [0.5, 0.6) is 0 Å². The zero-order valence-corrected chi connectivity index (χ0v) is 12.4. The Bertz CT molecular complexity index is 530. The largest absolute Gasteiger partial charge is 0.303 e. The van der Waals surface area contributed by atoms with Gasteiger partial charge in [0.05, 0.1) is 0 Å². The fraction of sp³-hybridized carbons (Fsp3) is 0.333. The van der Waals surface area contributed by atoms with Crippen molar-refractivity contribution in [1.82, 2.24) is 5.32 Å². The molecule has 0 aromatic heterocycles. The smallest absolute Gasteiger partial charge is 0.123 e. The Hall–Kier alpha value is -1.67. The van der Waals surface area contributed by atoms with Gasteiger partial charge in [-0.15, -0.1) is 0 Å². The van der Waals surface area contributed by atoms with Crippen LogP contribution >= 0.6 is 0 Å². The fourth-order valence-electron chi connectivity index (χ4n) is 2.40. The molecule has 0 amide bonds. The van der Waals surface area contributed by atoms with Gasteiger partial charge in [0.1, 0.15) is 5.82 Å². The molecule has 1 N–H and O–H groups in total. The van der Waals surface area contributed by atoms with Gasteiger partial charge < -0.3 is 5.32 Å². The first-order valence-corrected chi connectivity index (χ1v) is 7.18. The van der Waals surface area contributed by atoms with E-state index in [1.165, 1.54) is 23.3 Å². The Labute approximate surface area is 120 Å². The highest BCUT2D eigenvalue weighted by Crippen LogP contribution is 2.22. The second-order valence-electron chi connectivity index (χ2n) is 5.31. The van der Waals surface area contributed by atoms with Crippen LogP contribution in [-0.2, 0) is 0 Å². The van der Waals surface area contributed by atoms with Gasteiger partial charge in [-0.2, -0.15) is 0 Å². The maximum absolute atomic E-state index is 13.0. The average molecular weight is 271 g/mol. The van der Waals surface area contributed by atoms with E-state index in [-0.39, 0.29) is 11.9 Å². The summed E-state index contributed by atoms with van der Waals surface area (Å²) in [6.07, 6.45) is 1.02. The molecule has 0 aliphatic rings. The normalized spacial score (nSPS) is 14.0. The quantitative estimate of drug-likeness (QED) is 0.812. The molecule has 2 aromatic carbocycles. The van der Waals surface area contributed by atoms with E-state index >= 15 is 0 Å². The molecular weight excluding hydrogens is 249 g/mol. The highest BCUT2D eigenvalue weighted by Gasteiger charge is 2.13. The molecular formula is C18H22FN. The standard InChI is InChI=1S/C18H22FN/c1-4-18(16-7-5-13(2)6-8-16)20-14(3)15-9-11-17(19)12-10-15/h5-12,14,18,20H,4H2,1-3H3/t14-,18?/m1/s1. The molecule has 1 unspecified atom stereocenters. The van der Waals surface area contributed by atoms with Gasteiger partial charge >= 0.3 is 0 Å². The average Bonchev–Trinajstić information content (AvgIpc) is 2.46. The molecule has 20 heavy (non-hydrogen) atoms. The Morgan fingerprint density at radius 2 is 1.50 bits per heavy atom. The lowest BCUT2D eigenvalue weighted by Gasteiger charge is -2.23. The molecule has 2 heteroatoms. The molecule has 2 rings (SSSR count). The van der Waals surface area contributed by atoms with E-state index in [2.05, 4.69) is 50.4 Å². The Morgan fingerprint density at radius 3 is 2.05 bits per heavy atom. The van der Waals surface area contributed by atoms with Crippen molar-refractivity contribution in [3.05, 3.63) is 71.0 Å². The highest BCUT2D eigenvalue weighted by atomic mass is 19.1. The maximum Gasteiger partial charge on any atom is 0.123 e. The molecule has 1 nitrogen and oxygen atoms in total. The summed E-state index contributed by atoms with van der Waals surface area (Å²) in [6.45, 7) is 6.39. The second kappa shape index (κ2) is 6.67. The molecule has 2 atom stereocenters. The minimum absolute atomic E-state index is 0.188. The van der Waals surface area contributed by atoms with Crippen molar-refractivity contribution in [2.24, 2.45) is 0 Å². The minimum atomic E-state index is -0.188. The SMILES string of the molecule is CCC(N[C@H](C)c1ccc(F)cc1)c1ccc(C)cc1. The van der Waals surface area contributed by atoms with E-state index in [9.17, 15) is 4.39 Å². The number of benzene rings is 2. The van der Waals surface area contributed by atoms with Crippen LogP contribution < -0.4 is 5.32 Å². The van der Waals surface area contributed by atoms with Gasteiger partial charge in [-0.3, -0.25) is 0 Å². The van der Waals surface area contributed by atoms with Crippen LogP contribution in [0, 0.1) is 12.7 Å². The first kappa shape index (κ1) is 14.7. The van der Waals surface area contributed by atoms with Crippen LogP contribution in [-0.4, -0.2) is 0 Å². The van der Waals surface area contributed by atoms with Crippen molar-refractivity contribution >= 4 is 0 Å². The molecule has 0 saturated carbocycles. The summed E-state index contributed by atoms with van der Waals surface area (Å²) in [5.74, 6) is -0.188. The van der Waals surface area contributed by atoms with Gasteiger partial charge in [-0.25, -0.2) is 4.39 Å². The third kappa shape index (κ3) is 3.67. The summed E-state index contributed by atoms with van der Waals surface area (Å²) >= 11 is 0. The van der Waals surface area contributed by atoms with Crippen LogP contribution in [0.2, 0.25) is 0 Å². The Balaban J connectivity index is 2.09. The molecule has 0 fully saturated rings. The van der Waals surface area contributed by atoms with E-state index in [0.717, 1.165) is 12.0 Å². The fourth-order valence-corrected chi connectivity index (χ4v) is 2.40. The number of nitrogens with one attached hydrogen (secondary N) is 1. The summed E-state index contributed by atoms with van der Waals surface area (Å²) in [4.78, 5) is 0.